The van der Waals surface area contributed by atoms with E-state index in [1.165, 1.54) is 24.3 Å². The number of ether oxygens (including phenoxy) is 2. The molecule has 0 bridgehead atoms. The van der Waals surface area contributed by atoms with Gasteiger partial charge in [0.15, 0.2) is 5.75 Å². The van der Waals surface area contributed by atoms with E-state index in [-0.39, 0.29) is 17.3 Å². The van der Waals surface area contributed by atoms with Gasteiger partial charge < -0.3 is 14.8 Å². The largest absolute Gasteiger partial charge is 0.497 e. The van der Waals surface area contributed by atoms with Crippen LogP contribution in [0.15, 0.2) is 48.5 Å². The molecule has 2 rings (SSSR count). The summed E-state index contributed by atoms with van der Waals surface area (Å²) in [6.45, 7) is 2.32. The molecule has 1 N–H and O–H groups in total. The summed E-state index contributed by atoms with van der Waals surface area (Å²) in [6, 6.07) is 11.5. The maximum absolute atomic E-state index is 12.0. The highest BCUT2D eigenvalue weighted by molar-refractivity contribution is 6.02. The lowest BCUT2D eigenvalue weighted by molar-refractivity contribution is -0.385. The van der Waals surface area contributed by atoms with E-state index in [1.807, 2.05) is 6.92 Å². The van der Waals surface area contributed by atoms with E-state index in [0.717, 1.165) is 6.42 Å². The van der Waals surface area contributed by atoms with Crippen LogP contribution in [0.1, 0.15) is 18.9 Å². The molecule has 0 aliphatic rings. The Morgan fingerprint density at radius 3 is 2.58 bits per heavy atom. The summed E-state index contributed by atoms with van der Waals surface area (Å²) in [7, 11) is 1.56. The molecule has 0 spiro atoms. The number of amides is 1. The molecular formula is C19H20N2O5. The summed E-state index contributed by atoms with van der Waals surface area (Å²) >= 11 is 0. The molecule has 1 amide bonds. The number of nitrogens with zero attached hydrogens (tertiary/aromatic N) is 1. The van der Waals surface area contributed by atoms with Gasteiger partial charge in [0.25, 0.3) is 0 Å². The minimum atomic E-state index is -0.500. The van der Waals surface area contributed by atoms with Crippen LogP contribution < -0.4 is 14.8 Å². The van der Waals surface area contributed by atoms with Gasteiger partial charge in [-0.05, 0) is 48.4 Å². The molecule has 0 unspecified atom stereocenters. The molecule has 7 nitrogen and oxygen atoms in total. The second-order valence-electron chi connectivity index (χ2n) is 5.38. The fraction of sp³-hybridized carbons (Fsp3) is 0.211. The predicted octanol–water partition coefficient (Wildman–Crippen LogP) is 4.04. The van der Waals surface area contributed by atoms with Crippen LogP contribution in [0.4, 0.5) is 11.4 Å². The smallest absolute Gasteiger partial charge is 0.311 e. The van der Waals surface area contributed by atoms with E-state index >= 15 is 0 Å². The first kappa shape index (κ1) is 19.0. The topological polar surface area (TPSA) is 90.7 Å². The van der Waals surface area contributed by atoms with Crippen molar-refractivity contribution in [1.82, 2.24) is 0 Å². The summed E-state index contributed by atoms with van der Waals surface area (Å²) < 4.78 is 10.4. The Bertz CT molecular complexity index is 800. The number of hydrogen-bond donors (Lipinski definition) is 1. The van der Waals surface area contributed by atoms with Crippen molar-refractivity contribution >= 4 is 23.4 Å². The number of benzene rings is 2. The summed E-state index contributed by atoms with van der Waals surface area (Å²) in [5.74, 6) is 0.567. The number of nitrogens with one attached hydrogen (secondary N) is 1. The van der Waals surface area contributed by atoms with Gasteiger partial charge in [0.05, 0.1) is 18.6 Å². The fourth-order valence-corrected chi connectivity index (χ4v) is 2.15. The summed E-state index contributed by atoms with van der Waals surface area (Å²) in [6.07, 6.45) is 3.58. The summed E-state index contributed by atoms with van der Waals surface area (Å²) in [5.41, 5.74) is 1.02. The molecule has 0 radical (unpaired) electrons. The summed E-state index contributed by atoms with van der Waals surface area (Å²) in [4.78, 5) is 22.7. The van der Waals surface area contributed by atoms with Crippen LogP contribution in [0, 0.1) is 10.1 Å². The first-order chi connectivity index (χ1) is 12.5. The van der Waals surface area contributed by atoms with Crippen LogP contribution in [0.25, 0.3) is 6.08 Å². The van der Waals surface area contributed by atoms with Gasteiger partial charge in [-0.15, -0.1) is 0 Å². The zero-order valence-corrected chi connectivity index (χ0v) is 14.6. The third kappa shape index (κ3) is 5.34. The van der Waals surface area contributed by atoms with Gasteiger partial charge >= 0.3 is 5.69 Å². The van der Waals surface area contributed by atoms with E-state index in [4.69, 9.17) is 9.47 Å². The van der Waals surface area contributed by atoms with Crippen molar-refractivity contribution in [1.29, 1.82) is 0 Å². The number of rotatable bonds is 8. The number of nitro benzene ring substituents is 1. The molecule has 136 valence electrons. The highest BCUT2D eigenvalue weighted by Gasteiger charge is 2.15. The van der Waals surface area contributed by atoms with E-state index in [9.17, 15) is 14.9 Å². The van der Waals surface area contributed by atoms with Gasteiger partial charge in [-0.25, -0.2) is 0 Å². The zero-order valence-electron chi connectivity index (χ0n) is 14.6. The highest BCUT2D eigenvalue weighted by Crippen LogP contribution is 2.28. The maximum Gasteiger partial charge on any atom is 0.311 e. The molecule has 0 heterocycles. The maximum atomic E-state index is 12.0. The van der Waals surface area contributed by atoms with E-state index < -0.39 is 4.92 Å². The van der Waals surface area contributed by atoms with Crippen molar-refractivity contribution in [3.63, 3.8) is 0 Å². The van der Waals surface area contributed by atoms with Gasteiger partial charge in [-0.2, -0.15) is 0 Å². The molecule has 0 aromatic heterocycles. The molecule has 26 heavy (non-hydrogen) atoms. The van der Waals surface area contributed by atoms with Crippen LogP contribution in [-0.2, 0) is 4.79 Å². The number of hydrogen-bond acceptors (Lipinski definition) is 5. The average Bonchev–Trinajstić information content (AvgIpc) is 2.65. The van der Waals surface area contributed by atoms with Crippen molar-refractivity contribution in [2.45, 2.75) is 13.3 Å². The molecular weight excluding hydrogens is 336 g/mol. The highest BCUT2D eigenvalue weighted by atomic mass is 16.6. The minimum Gasteiger partial charge on any atom is -0.497 e. The van der Waals surface area contributed by atoms with Gasteiger partial charge in [0.2, 0.25) is 5.91 Å². The Balaban J connectivity index is 2.07. The van der Waals surface area contributed by atoms with Crippen molar-refractivity contribution in [3.05, 3.63) is 64.2 Å². The molecule has 0 saturated heterocycles. The van der Waals surface area contributed by atoms with Gasteiger partial charge in [-0.1, -0.05) is 13.0 Å². The molecule has 0 aliphatic carbocycles. The standard InChI is InChI=1S/C19H20N2O5/c1-3-12-26-18-10-4-14(13-17(18)21(23)24)5-11-19(22)20-15-6-8-16(25-2)9-7-15/h4-11,13H,3,12H2,1-2H3,(H,20,22)/b11-5+. The van der Waals surface area contributed by atoms with Gasteiger partial charge in [0, 0.05) is 17.8 Å². The molecule has 0 fully saturated rings. The Kier molecular flexibility index (Phi) is 6.73. The monoisotopic (exact) mass is 356 g/mol. The SMILES string of the molecule is CCCOc1ccc(/C=C/C(=O)Nc2ccc(OC)cc2)cc1[N+](=O)[O-]. The van der Waals surface area contributed by atoms with E-state index in [2.05, 4.69) is 5.32 Å². The number of carbonyl (C=O) groups is 1. The molecule has 2 aromatic rings. The van der Waals surface area contributed by atoms with Crippen LogP contribution in [0.3, 0.4) is 0 Å². The number of methoxy groups -OCH3 is 1. The molecule has 0 aliphatic heterocycles. The average molecular weight is 356 g/mol. The van der Waals surface area contributed by atoms with Crippen LogP contribution in [0.2, 0.25) is 0 Å². The zero-order chi connectivity index (χ0) is 18.9. The third-order valence-corrected chi connectivity index (χ3v) is 3.43. The van der Waals surface area contributed by atoms with Crippen LogP contribution in [-0.4, -0.2) is 24.5 Å². The van der Waals surface area contributed by atoms with Crippen LogP contribution in [0.5, 0.6) is 11.5 Å². The van der Waals surface area contributed by atoms with Crippen molar-refractivity contribution in [3.8, 4) is 11.5 Å². The second kappa shape index (κ2) is 9.22. The fourth-order valence-electron chi connectivity index (χ4n) is 2.15. The minimum absolute atomic E-state index is 0.129. The normalized spacial score (nSPS) is 10.5. The molecule has 2 aromatic carbocycles. The Labute approximate surface area is 151 Å². The lowest BCUT2D eigenvalue weighted by atomic mass is 10.1. The first-order valence-corrected chi connectivity index (χ1v) is 8.08. The molecule has 7 heteroatoms. The second-order valence-corrected chi connectivity index (χ2v) is 5.38. The third-order valence-electron chi connectivity index (χ3n) is 3.43. The van der Waals surface area contributed by atoms with Crippen molar-refractivity contribution in [2.24, 2.45) is 0 Å². The van der Waals surface area contributed by atoms with E-state index in [1.54, 1.807) is 37.4 Å². The Morgan fingerprint density at radius 1 is 1.23 bits per heavy atom. The molecule has 0 atom stereocenters. The Morgan fingerprint density at radius 2 is 1.96 bits per heavy atom. The van der Waals surface area contributed by atoms with Crippen molar-refractivity contribution < 1.29 is 19.2 Å². The number of anilines is 1. The first-order valence-electron chi connectivity index (χ1n) is 8.08. The summed E-state index contributed by atoms with van der Waals surface area (Å²) in [5, 5.41) is 13.9. The van der Waals surface area contributed by atoms with Crippen molar-refractivity contribution in [2.75, 3.05) is 19.0 Å². The lowest BCUT2D eigenvalue weighted by Gasteiger charge is -2.06. The number of carbonyl (C=O) groups excluding carboxylic acids is 1. The Hall–Kier alpha value is -3.35. The predicted molar refractivity (Wildman–Crippen MR) is 99.5 cm³/mol. The number of nitro groups is 1. The quantitative estimate of drug-likeness (QED) is 0.438. The van der Waals surface area contributed by atoms with Crippen LogP contribution >= 0.6 is 0 Å². The van der Waals surface area contributed by atoms with Gasteiger partial charge in [0.1, 0.15) is 5.75 Å². The molecule has 0 saturated carbocycles. The van der Waals surface area contributed by atoms with Gasteiger partial charge in [-0.3, -0.25) is 14.9 Å². The van der Waals surface area contributed by atoms with E-state index in [0.29, 0.717) is 23.6 Å². The lowest BCUT2D eigenvalue weighted by Crippen LogP contribution is -2.07.